The van der Waals surface area contributed by atoms with Crippen molar-refractivity contribution < 1.29 is 27.4 Å². The Morgan fingerprint density at radius 3 is 2.18 bits per heavy atom. The number of halogens is 3. The van der Waals surface area contributed by atoms with Crippen molar-refractivity contribution in [2.75, 3.05) is 37.7 Å². The molecule has 0 saturated carbocycles. The molecular weight excluding hydrogens is 447 g/mol. The molecule has 1 aliphatic heterocycles. The predicted octanol–water partition coefficient (Wildman–Crippen LogP) is 4.76. The third-order valence-electron chi connectivity index (χ3n) is 5.83. The van der Waals surface area contributed by atoms with Gasteiger partial charge in [0.2, 0.25) is 0 Å². The number of hydrogen-bond donors (Lipinski definition) is 0. The number of ether oxygens (including phenoxy) is 2. The second-order valence-electron chi connectivity index (χ2n) is 9.05. The molecule has 0 radical (unpaired) electrons. The van der Waals surface area contributed by atoms with E-state index < -0.39 is 23.4 Å². The number of pyridine rings is 1. The highest BCUT2D eigenvalue weighted by Crippen LogP contribution is 2.31. The molecule has 9 heteroatoms. The first-order valence-corrected chi connectivity index (χ1v) is 11.4. The Hall–Kier alpha value is -2.81. The number of alkyl halides is 3. The maximum absolute atomic E-state index is 12.7. The summed E-state index contributed by atoms with van der Waals surface area (Å²) in [6.45, 7) is 13.1. The van der Waals surface area contributed by atoms with Crippen LogP contribution in [0.5, 0.6) is 5.75 Å². The van der Waals surface area contributed by atoms with E-state index in [9.17, 15) is 18.0 Å². The molecule has 0 spiro atoms. The summed E-state index contributed by atoms with van der Waals surface area (Å²) in [6.07, 6.45) is -3.13. The number of carbonyl (C=O) groups is 1. The van der Waals surface area contributed by atoms with Crippen LogP contribution < -0.4 is 9.64 Å². The van der Waals surface area contributed by atoms with Crippen molar-refractivity contribution in [3.05, 3.63) is 52.8 Å². The molecule has 1 aliphatic rings. The maximum atomic E-state index is 12.7. The van der Waals surface area contributed by atoms with Gasteiger partial charge in [-0.3, -0.25) is 4.90 Å². The van der Waals surface area contributed by atoms with Gasteiger partial charge >= 0.3 is 12.1 Å². The topological polar surface area (TPSA) is 54.9 Å². The SMILES string of the molecule is CCOC(=O)C(C)(C)Oc1c(C)cc(CN2CCN(c3ccc(C(F)(F)F)nc3)CC2)cc1C. The summed E-state index contributed by atoms with van der Waals surface area (Å²) >= 11 is 0. The molecule has 0 unspecified atom stereocenters. The molecule has 1 saturated heterocycles. The summed E-state index contributed by atoms with van der Waals surface area (Å²) in [7, 11) is 0. The Morgan fingerprint density at radius 2 is 1.68 bits per heavy atom. The Bertz CT molecular complexity index is 976. The molecule has 34 heavy (non-hydrogen) atoms. The lowest BCUT2D eigenvalue weighted by Gasteiger charge is -2.36. The fraction of sp³-hybridized carbons (Fsp3) is 0.520. The molecule has 0 N–H and O–H groups in total. The quantitative estimate of drug-likeness (QED) is 0.534. The number of esters is 1. The fourth-order valence-corrected chi connectivity index (χ4v) is 4.06. The lowest BCUT2D eigenvalue weighted by atomic mass is 10.0. The van der Waals surface area contributed by atoms with E-state index in [0.717, 1.165) is 42.4 Å². The zero-order valence-electron chi connectivity index (χ0n) is 20.3. The lowest BCUT2D eigenvalue weighted by Crippen LogP contribution is -2.46. The maximum Gasteiger partial charge on any atom is 0.433 e. The number of anilines is 1. The van der Waals surface area contributed by atoms with E-state index in [2.05, 4.69) is 26.9 Å². The first-order chi connectivity index (χ1) is 15.9. The van der Waals surface area contributed by atoms with Crippen LogP contribution >= 0.6 is 0 Å². The third kappa shape index (κ3) is 6.20. The van der Waals surface area contributed by atoms with Crippen molar-refractivity contribution in [3.63, 3.8) is 0 Å². The van der Waals surface area contributed by atoms with Crippen LogP contribution in [0.15, 0.2) is 30.5 Å². The third-order valence-corrected chi connectivity index (χ3v) is 5.83. The summed E-state index contributed by atoms with van der Waals surface area (Å²) < 4.78 is 49.4. The Balaban J connectivity index is 1.60. The summed E-state index contributed by atoms with van der Waals surface area (Å²) in [5.74, 6) is 0.278. The number of aromatic nitrogens is 1. The minimum absolute atomic E-state index is 0.297. The van der Waals surface area contributed by atoms with E-state index in [1.165, 1.54) is 12.3 Å². The fourth-order valence-electron chi connectivity index (χ4n) is 4.06. The largest absolute Gasteiger partial charge is 0.476 e. The summed E-state index contributed by atoms with van der Waals surface area (Å²) in [6, 6.07) is 6.64. The van der Waals surface area contributed by atoms with Crippen molar-refractivity contribution in [3.8, 4) is 5.75 Å². The van der Waals surface area contributed by atoms with E-state index in [4.69, 9.17) is 9.47 Å². The molecule has 0 aliphatic carbocycles. The normalized spacial score (nSPS) is 15.4. The zero-order chi connectivity index (χ0) is 25.1. The van der Waals surface area contributed by atoms with Gasteiger partial charge in [-0.05, 0) is 63.4 Å². The Labute approximate surface area is 198 Å². The number of piperazine rings is 1. The summed E-state index contributed by atoms with van der Waals surface area (Å²) in [5.41, 5.74) is 1.77. The van der Waals surface area contributed by atoms with Crippen LogP contribution in [0.1, 0.15) is 43.2 Å². The monoisotopic (exact) mass is 479 g/mol. The molecule has 2 heterocycles. The van der Waals surface area contributed by atoms with Crippen LogP contribution in [0.3, 0.4) is 0 Å². The highest BCUT2D eigenvalue weighted by Gasteiger charge is 2.33. The van der Waals surface area contributed by atoms with Gasteiger partial charge in [0.05, 0.1) is 18.5 Å². The molecule has 0 amide bonds. The van der Waals surface area contributed by atoms with Gasteiger partial charge in [-0.25, -0.2) is 9.78 Å². The van der Waals surface area contributed by atoms with E-state index in [0.29, 0.717) is 31.1 Å². The minimum Gasteiger partial charge on any atom is -0.476 e. The predicted molar refractivity (Wildman–Crippen MR) is 124 cm³/mol. The number of hydrogen-bond acceptors (Lipinski definition) is 6. The number of aryl methyl sites for hydroxylation is 2. The van der Waals surface area contributed by atoms with Gasteiger partial charge in [-0.15, -0.1) is 0 Å². The van der Waals surface area contributed by atoms with Crippen molar-refractivity contribution in [2.45, 2.75) is 52.9 Å². The van der Waals surface area contributed by atoms with Gasteiger partial charge in [0.1, 0.15) is 11.4 Å². The number of rotatable bonds is 7. The van der Waals surface area contributed by atoms with Crippen LogP contribution in [0.25, 0.3) is 0 Å². The second kappa shape index (κ2) is 10.2. The van der Waals surface area contributed by atoms with Gasteiger partial charge in [0.25, 0.3) is 0 Å². The molecule has 0 bridgehead atoms. The average molecular weight is 480 g/mol. The number of carbonyl (C=O) groups excluding carboxylic acids is 1. The van der Waals surface area contributed by atoms with Crippen molar-refractivity contribution in [2.24, 2.45) is 0 Å². The Morgan fingerprint density at radius 1 is 1.06 bits per heavy atom. The molecule has 3 rings (SSSR count). The van der Waals surface area contributed by atoms with E-state index in [1.807, 2.05) is 13.8 Å². The Kier molecular flexibility index (Phi) is 7.75. The van der Waals surface area contributed by atoms with Gasteiger partial charge in [-0.2, -0.15) is 13.2 Å². The number of nitrogens with zero attached hydrogens (tertiary/aromatic N) is 3. The van der Waals surface area contributed by atoms with Crippen LogP contribution in [0.2, 0.25) is 0 Å². The van der Waals surface area contributed by atoms with E-state index in [-0.39, 0.29) is 0 Å². The minimum atomic E-state index is -4.43. The lowest BCUT2D eigenvalue weighted by molar-refractivity contribution is -0.158. The van der Waals surface area contributed by atoms with Crippen LogP contribution in [0, 0.1) is 13.8 Å². The van der Waals surface area contributed by atoms with Gasteiger partial charge in [-0.1, -0.05) is 12.1 Å². The summed E-state index contributed by atoms with van der Waals surface area (Å²) in [5, 5.41) is 0. The van der Waals surface area contributed by atoms with Crippen molar-refractivity contribution >= 4 is 11.7 Å². The van der Waals surface area contributed by atoms with Gasteiger partial charge < -0.3 is 14.4 Å². The smallest absolute Gasteiger partial charge is 0.433 e. The average Bonchev–Trinajstić information content (AvgIpc) is 2.76. The van der Waals surface area contributed by atoms with Gasteiger partial charge in [0, 0.05) is 32.7 Å². The molecule has 6 nitrogen and oxygen atoms in total. The molecule has 0 atom stereocenters. The molecule has 2 aromatic rings. The van der Waals surface area contributed by atoms with Crippen LogP contribution in [-0.4, -0.2) is 54.2 Å². The van der Waals surface area contributed by atoms with Crippen LogP contribution in [-0.2, 0) is 22.3 Å². The standard InChI is InChI=1S/C25H32F3N3O3/c1-6-33-23(32)24(4,5)34-22-17(2)13-19(14-18(22)3)16-30-9-11-31(12-10-30)20-7-8-21(29-15-20)25(26,27)28/h7-8,13-15H,6,9-12,16H2,1-5H3. The first kappa shape index (κ1) is 25.8. The first-order valence-electron chi connectivity index (χ1n) is 11.4. The highest BCUT2D eigenvalue weighted by atomic mass is 19.4. The number of benzene rings is 1. The molecule has 186 valence electrons. The van der Waals surface area contributed by atoms with Crippen molar-refractivity contribution in [1.29, 1.82) is 0 Å². The summed E-state index contributed by atoms with van der Waals surface area (Å²) in [4.78, 5) is 20.1. The second-order valence-corrected chi connectivity index (χ2v) is 9.05. The van der Waals surface area contributed by atoms with Crippen molar-refractivity contribution in [1.82, 2.24) is 9.88 Å². The van der Waals surface area contributed by atoms with E-state index >= 15 is 0 Å². The molecule has 1 aromatic carbocycles. The molecule has 1 aromatic heterocycles. The van der Waals surface area contributed by atoms with Gasteiger partial charge in [0.15, 0.2) is 5.60 Å². The highest BCUT2D eigenvalue weighted by molar-refractivity contribution is 5.79. The molecular formula is C25H32F3N3O3. The van der Waals surface area contributed by atoms with E-state index in [1.54, 1.807) is 20.8 Å². The molecule has 1 fully saturated rings. The van der Waals surface area contributed by atoms with Crippen LogP contribution in [0.4, 0.5) is 18.9 Å². The zero-order valence-corrected chi connectivity index (χ0v) is 20.3.